The molecule has 1 aromatic heterocycles. The molecule has 3 aromatic carbocycles. The molecular formula is C32H35N3O4S. The number of carbonyl (C=O) groups is 1. The molecule has 1 aliphatic rings. The number of fused-ring (bicyclic) bond motifs is 1. The molecule has 0 aliphatic carbocycles. The van der Waals surface area contributed by atoms with Crippen molar-refractivity contribution in [1.29, 1.82) is 0 Å². The van der Waals surface area contributed by atoms with Crippen molar-refractivity contribution in [2.45, 2.75) is 31.0 Å². The summed E-state index contributed by atoms with van der Waals surface area (Å²) in [6.07, 6.45) is 1.60. The van der Waals surface area contributed by atoms with Crippen molar-refractivity contribution in [3.05, 3.63) is 102 Å². The molecule has 2 heterocycles. The first kappa shape index (κ1) is 27.8. The van der Waals surface area contributed by atoms with Crippen molar-refractivity contribution in [1.82, 2.24) is 14.8 Å². The molecule has 1 aliphatic heterocycles. The molecule has 0 unspecified atom stereocenters. The SMILES string of the molecule is CC(C)COc1ccc(CN2CCN(C(=O)c3ccc(CS(=O)(=O)c4cccc5cccnc45)cc3)CC2)cc1. The Labute approximate surface area is 236 Å². The maximum Gasteiger partial charge on any atom is 0.253 e. The van der Waals surface area contributed by atoms with E-state index in [9.17, 15) is 13.2 Å². The Bertz CT molecular complexity index is 1560. The summed E-state index contributed by atoms with van der Waals surface area (Å²) in [5, 5.41) is 0.786. The van der Waals surface area contributed by atoms with Crippen LogP contribution in [0, 0.1) is 5.92 Å². The Balaban J connectivity index is 1.15. The number of rotatable bonds is 9. The third-order valence-electron chi connectivity index (χ3n) is 7.06. The lowest BCUT2D eigenvalue weighted by Gasteiger charge is -2.34. The van der Waals surface area contributed by atoms with Crippen LogP contribution in [-0.4, -0.2) is 61.9 Å². The number of hydrogen-bond donors (Lipinski definition) is 0. The number of hydrogen-bond acceptors (Lipinski definition) is 6. The predicted octanol–water partition coefficient (Wildman–Crippen LogP) is 5.20. The maximum atomic E-state index is 13.2. The maximum absolute atomic E-state index is 13.2. The van der Waals surface area contributed by atoms with Gasteiger partial charge in [-0.25, -0.2) is 8.42 Å². The minimum Gasteiger partial charge on any atom is -0.493 e. The van der Waals surface area contributed by atoms with Crippen LogP contribution in [0.15, 0.2) is 90.0 Å². The second kappa shape index (κ2) is 12.2. The van der Waals surface area contributed by atoms with Crippen molar-refractivity contribution >= 4 is 26.6 Å². The average molecular weight is 558 g/mol. The minimum absolute atomic E-state index is 0.0287. The molecule has 8 heteroatoms. The van der Waals surface area contributed by atoms with E-state index in [1.165, 1.54) is 5.56 Å². The van der Waals surface area contributed by atoms with Gasteiger partial charge in [0.1, 0.15) is 5.75 Å². The normalized spacial score (nSPS) is 14.5. The number of piperazine rings is 1. The lowest BCUT2D eigenvalue weighted by Crippen LogP contribution is -2.48. The summed E-state index contributed by atoms with van der Waals surface area (Å²) in [6.45, 7) is 8.71. The number of nitrogens with zero attached hydrogens (tertiary/aromatic N) is 3. The quantitative estimate of drug-likeness (QED) is 0.281. The highest BCUT2D eigenvalue weighted by Gasteiger charge is 2.23. The van der Waals surface area contributed by atoms with Crippen LogP contribution < -0.4 is 4.74 Å². The number of sulfone groups is 1. The first-order valence-electron chi connectivity index (χ1n) is 13.7. The summed E-state index contributed by atoms with van der Waals surface area (Å²) in [6, 6.07) is 24.0. The van der Waals surface area contributed by atoms with Crippen LogP contribution in [0.2, 0.25) is 0 Å². The molecule has 0 atom stereocenters. The first-order chi connectivity index (χ1) is 19.3. The Morgan fingerprint density at radius 1 is 0.875 bits per heavy atom. The molecule has 7 nitrogen and oxygen atoms in total. The third kappa shape index (κ3) is 6.69. The van der Waals surface area contributed by atoms with Gasteiger partial charge < -0.3 is 9.64 Å². The summed E-state index contributed by atoms with van der Waals surface area (Å²) in [4.78, 5) is 21.9. The molecule has 0 spiro atoms. The molecule has 1 amide bonds. The van der Waals surface area contributed by atoms with Crippen LogP contribution >= 0.6 is 0 Å². The molecule has 1 fully saturated rings. The molecule has 4 aromatic rings. The van der Waals surface area contributed by atoms with Crippen LogP contribution in [0.3, 0.4) is 0 Å². The third-order valence-corrected chi connectivity index (χ3v) is 8.77. The van der Waals surface area contributed by atoms with Gasteiger partial charge >= 0.3 is 0 Å². The number of pyridine rings is 1. The van der Waals surface area contributed by atoms with Gasteiger partial charge in [0.25, 0.3) is 5.91 Å². The monoisotopic (exact) mass is 557 g/mol. The van der Waals surface area contributed by atoms with E-state index >= 15 is 0 Å². The lowest BCUT2D eigenvalue weighted by atomic mass is 10.1. The molecule has 0 N–H and O–H groups in total. The van der Waals surface area contributed by atoms with Gasteiger partial charge in [0.05, 0.1) is 22.8 Å². The number of amides is 1. The fourth-order valence-corrected chi connectivity index (χ4v) is 6.41. The van der Waals surface area contributed by atoms with Gasteiger partial charge in [-0.2, -0.15) is 0 Å². The van der Waals surface area contributed by atoms with Gasteiger partial charge in [0.2, 0.25) is 0 Å². The largest absolute Gasteiger partial charge is 0.493 e. The van der Waals surface area contributed by atoms with Gasteiger partial charge in [-0.3, -0.25) is 14.7 Å². The lowest BCUT2D eigenvalue weighted by molar-refractivity contribution is 0.0628. The van der Waals surface area contributed by atoms with E-state index in [0.717, 1.165) is 30.8 Å². The highest BCUT2D eigenvalue weighted by atomic mass is 32.2. The van der Waals surface area contributed by atoms with E-state index < -0.39 is 9.84 Å². The molecule has 208 valence electrons. The Morgan fingerprint density at radius 3 is 2.25 bits per heavy atom. The van der Waals surface area contributed by atoms with Crippen molar-refractivity contribution in [3.8, 4) is 5.75 Å². The van der Waals surface area contributed by atoms with Crippen molar-refractivity contribution < 1.29 is 17.9 Å². The highest BCUT2D eigenvalue weighted by Crippen LogP contribution is 2.24. The zero-order valence-corrected chi connectivity index (χ0v) is 23.8. The van der Waals surface area contributed by atoms with Gasteiger partial charge in [0, 0.05) is 49.9 Å². The smallest absolute Gasteiger partial charge is 0.253 e. The summed E-state index contributed by atoms with van der Waals surface area (Å²) in [5.41, 5.74) is 2.90. The molecule has 0 saturated carbocycles. The molecule has 0 bridgehead atoms. The number of carbonyl (C=O) groups excluding carboxylic acids is 1. The molecule has 0 radical (unpaired) electrons. The van der Waals surface area contributed by atoms with Crippen LogP contribution in [0.1, 0.15) is 35.3 Å². The average Bonchev–Trinajstić information content (AvgIpc) is 2.97. The van der Waals surface area contributed by atoms with Gasteiger partial charge in [0.15, 0.2) is 9.84 Å². The summed E-state index contributed by atoms with van der Waals surface area (Å²) in [5.74, 6) is 1.20. The van der Waals surface area contributed by atoms with E-state index in [-0.39, 0.29) is 16.6 Å². The standard InChI is InChI=1S/C32H35N3O4S/c1-24(2)22-39-29-14-10-25(11-15-29)21-34-17-19-35(20-18-34)32(36)28-12-8-26(9-13-28)23-40(37,38)30-7-3-5-27-6-4-16-33-31(27)30/h3-16,24H,17-23H2,1-2H3. The van der Waals surface area contributed by atoms with Crippen molar-refractivity contribution in [2.75, 3.05) is 32.8 Å². The van der Waals surface area contributed by atoms with Crippen LogP contribution in [0.25, 0.3) is 10.9 Å². The molecule has 5 rings (SSSR count). The number of aromatic nitrogens is 1. The van der Waals surface area contributed by atoms with E-state index in [0.29, 0.717) is 42.3 Å². The fraction of sp³-hybridized carbons (Fsp3) is 0.312. The van der Waals surface area contributed by atoms with Crippen molar-refractivity contribution in [2.24, 2.45) is 5.92 Å². The summed E-state index contributed by atoms with van der Waals surface area (Å²) < 4.78 is 32.1. The van der Waals surface area contributed by atoms with Crippen molar-refractivity contribution in [3.63, 3.8) is 0 Å². The fourth-order valence-electron chi connectivity index (χ4n) is 4.87. The van der Waals surface area contributed by atoms with Crippen LogP contribution in [0.4, 0.5) is 0 Å². The summed E-state index contributed by atoms with van der Waals surface area (Å²) in [7, 11) is -3.60. The van der Waals surface area contributed by atoms with E-state index in [1.54, 1.807) is 48.7 Å². The number of benzene rings is 3. The van der Waals surface area contributed by atoms with Gasteiger partial charge in [-0.1, -0.05) is 56.3 Å². The molecular weight excluding hydrogens is 522 g/mol. The first-order valence-corrected chi connectivity index (χ1v) is 15.3. The van der Waals surface area contributed by atoms with E-state index in [2.05, 4.69) is 35.9 Å². The van der Waals surface area contributed by atoms with Gasteiger partial charge in [-0.15, -0.1) is 0 Å². The zero-order chi connectivity index (χ0) is 28.1. The second-order valence-corrected chi connectivity index (χ2v) is 12.7. The minimum atomic E-state index is -3.60. The highest BCUT2D eigenvalue weighted by molar-refractivity contribution is 7.90. The number of para-hydroxylation sites is 1. The topological polar surface area (TPSA) is 79.8 Å². The Morgan fingerprint density at radius 2 is 1.55 bits per heavy atom. The van der Waals surface area contributed by atoms with E-state index in [1.807, 2.05) is 29.2 Å². The van der Waals surface area contributed by atoms with Gasteiger partial charge in [-0.05, 0) is 53.4 Å². The zero-order valence-electron chi connectivity index (χ0n) is 23.0. The molecule has 40 heavy (non-hydrogen) atoms. The predicted molar refractivity (Wildman–Crippen MR) is 157 cm³/mol. The second-order valence-electron chi connectivity index (χ2n) is 10.7. The Hall–Kier alpha value is -3.75. The molecule has 1 saturated heterocycles. The summed E-state index contributed by atoms with van der Waals surface area (Å²) >= 11 is 0. The van der Waals surface area contributed by atoms with Crippen LogP contribution in [-0.2, 0) is 22.1 Å². The van der Waals surface area contributed by atoms with E-state index in [4.69, 9.17) is 4.74 Å². The number of ether oxygens (including phenoxy) is 1. The Kier molecular flexibility index (Phi) is 8.47. The van der Waals surface area contributed by atoms with Crippen LogP contribution in [0.5, 0.6) is 5.75 Å².